The zero-order valence-corrected chi connectivity index (χ0v) is 16.2. The fourth-order valence-corrected chi connectivity index (χ4v) is 3.46. The summed E-state index contributed by atoms with van der Waals surface area (Å²) >= 11 is 0. The summed E-state index contributed by atoms with van der Waals surface area (Å²) in [6.45, 7) is 4.00. The highest BCUT2D eigenvalue weighted by Gasteiger charge is 2.41. The van der Waals surface area contributed by atoms with Crippen LogP contribution in [0.15, 0.2) is 24.3 Å². The Morgan fingerprint density at radius 1 is 1.19 bits per heavy atom. The lowest BCUT2D eigenvalue weighted by Crippen LogP contribution is -2.49. The third-order valence-corrected chi connectivity index (χ3v) is 4.99. The zero-order valence-electron chi connectivity index (χ0n) is 16.2. The van der Waals surface area contributed by atoms with Crippen molar-refractivity contribution in [3.63, 3.8) is 0 Å². The topological polar surface area (TPSA) is 59.1 Å². The molecule has 2 atom stereocenters. The van der Waals surface area contributed by atoms with Crippen LogP contribution in [0.4, 0.5) is 0 Å². The molecule has 2 amide bonds. The molecule has 26 heavy (non-hydrogen) atoms. The number of hydrogen-bond donors (Lipinski definition) is 0. The molecule has 1 heterocycles. The molecule has 1 saturated heterocycles. The van der Waals surface area contributed by atoms with Crippen LogP contribution in [-0.4, -0.2) is 69.2 Å². The second-order valence-electron chi connectivity index (χ2n) is 6.83. The normalized spacial score (nSPS) is 20.3. The lowest BCUT2D eigenvalue weighted by molar-refractivity contribution is -0.148. The minimum Gasteiger partial charge on any atom is -0.383 e. The average Bonchev–Trinajstić information content (AvgIpc) is 2.65. The van der Waals surface area contributed by atoms with Crippen molar-refractivity contribution in [1.82, 2.24) is 9.80 Å². The van der Waals surface area contributed by atoms with Crippen LogP contribution in [0.25, 0.3) is 0 Å². The molecular weight excluding hydrogens is 332 g/mol. The van der Waals surface area contributed by atoms with Crippen molar-refractivity contribution in [2.24, 2.45) is 5.92 Å². The summed E-state index contributed by atoms with van der Waals surface area (Å²) in [5.41, 5.74) is 2.15. The van der Waals surface area contributed by atoms with Crippen molar-refractivity contribution in [2.75, 3.05) is 47.6 Å². The zero-order chi connectivity index (χ0) is 19.1. The van der Waals surface area contributed by atoms with E-state index in [0.717, 1.165) is 11.1 Å². The number of benzene rings is 1. The van der Waals surface area contributed by atoms with Crippen LogP contribution < -0.4 is 0 Å². The van der Waals surface area contributed by atoms with Crippen molar-refractivity contribution in [2.45, 2.75) is 25.8 Å². The third-order valence-electron chi connectivity index (χ3n) is 4.99. The lowest BCUT2D eigenvalue weighted by atomic mass is 9.83. The molecule has 0 saturated carbocycles. The van der Waals surface area contributed by atoms with Gasteiger partial charge in [-0.05, 0) is 18.9 Å². The largest absolute Gasteiger partial charge is 0.383 e. The number of piperidine rings is 1. The van der Waals surface area contributed by atoms with Crippen molar-refractivity contribution in [3.8, 4) is 0 Å². The molecule has 1 aliphatic rings. The standard InChI is InChI=1S/C20H30N2O4/c1-15-5-7-16(8-6-15)19-17(20(24)21(2)11-13-25-3)9-10-18(23)22(19)12-14-26-4/h5-8,17,19H,9-14H2,1-4H3. The van der Waals surface area contributed by atoms with Crippen LogP contribution in [0.5, 0.6) is 0 Å². The Labute approximate surface area is 156 Å². The number of carbonyl (C=O) groups is 2. The molecule has 1 aliphatic heterocycles. The second kappa shape index (κ2) is 9.69. The van der Waals surface area contributed by atoms with Crippen LogP contribution in [0.3, 0.4) is 0 Å². The second-order valence-corrected chi connectivity index (χ2v) is 6.83. The maximum atomic E-state index is 13.1. The monoisotopic (exact) mass is 362 g/mol. The number of likely N-dealkylation sites (tertiary alicyclic amines) is 1. The maximum Gasteiger partial charge on any atom is 0.227 e. The molecule has 0 N–H and O–H groups in total. The number of nitrogens with zero attached hydrogens (tertiary/aromatic N) is 2. The van der Waals surface area contributed by atoms with Gasteiger partial charge in [-0.15, -0.1) is 0 Å². The highest BCUT2D eigenvalue weighted by molar-refractivity contribution is 5.85. The summed E-state index contributed by atoms with van der Waals surface area (Å²) in [4.78, 5) is 29.2. The Kier molecular flexibility index (Phi) is 7.60. The first-order valence-electron chi connectivity index (χ1n) is 9.08. The van der Waals surface area contributed by atoms with Gasteiger partial charge in [0.15, 0.2) is 0 Å². The van der Waals surface area contributed by atoms with E-state index in [9.17, 15) is 9.59 Å². The molecule has 0 radical (unpaired) electrons. The van der Waals surface area contributed by atoms with Crippen molar-refractivity contribution in [1.29, 1.82) is 0 Å². The SMILES string of the molecule is COCCN(C)C(=O)C1CCC(=O)N(CCOC)C1c1ccc(C)cc1. The number of hydrogen-bond acceptors (Lipinski definition) is 4. The molecule has 2 unspecified atom stereocenters. The van der Waals surface area contributed by atoms with E-state index in [1.165, 1.54) is 0 Å². The first kappa shape index (κ1) is 20.4. The smallest absolute Gasteiger partial charge is 0.227 e. The maximum absolute atomic E-state index is 13.1. The number of methoxy groups -OCH3 is 2. The first-order chi connectivity index (χ1) is 12.5. The number of ether oxygens (including phenoxy) is 2. The summed E-state index contributed by atoms with van der Waals surface area (Å²) in [5.74, 6) is -0.118. The van der Waals surface area contributed by atoms with E-state index < -0.39 is 0 Å². The fourth-order valence-electron chi connectivity index (χ4n) is 3.46. The van der Waals surface area contributed by atoms with Crippen molar-refractivity contribution < 1.29 is 19.1 Å². The van der Waals surface area contributed by atoms with Gasteiger partial charge >= 0.3 is 0 Å². The predicted molar refractivity (Wildman–Crippen MR) is 99.7 cm³/mol. The van der Waals surface area contributed by atoms with Crippen molar-refractivity contribution >= 4 is 11.8 Å². The molecular formula is C20H30N2O4. The van der Waals surface area contributed by atoms with E-state index >= 15 is 0 Å². The van der Waals surface area contributed by atoms with Gasteiger partial charge in [-0.3, -0.25) is 9.59 Å². The van der Waals surface area contributed by atoms with Gasteiger partial charge < -0.3 is 19.3 Å². The van der Waals surface area contributed by atoms with Crippen molar-refractivity contribution in [3.05, 3.63) is 35.4 Å². The van der Waals surface area contributed by atoms with Gasteiger partial charge in [0, 0.05) is 40.8 Å². The molecule has 1 aromatic carbocycles. The molecule has 144 valence electrons. The highest BCUT2D eigenvalue weighted by Crippen LogP contribution is 2.37. The molecule has 6 heteroatoms. The third kappa shape index (κ3) is 4.83. The lowest BCUT2D eigenvalue weighted by Gasteiger charge is -2.42. The summed E-state index contributed by atoms with van der Waals surface area (Å²) < 4.78 is 10.3. The minimum atomic E-state index is -0.260. The summed E-state index contributed by atoms with van der Waals surface area (Å²) in [5, 5.41) is 0. The Hall–Kier alpha value is -1.92. The molecule has 0 aliphatic carbocycles. The van der Waals surface area contributed by atoms with Gasteiger partial charge in [-0.1, -0.05) is 29.8 Å². The minimum absolute atomic E-state index is 0.0579. The average molecular weight is 362 g/mol. The number of amides is 2. The van der Waals surface area contributed by atoms with E-state index in [0.29, 0.717) is 39.1 Å². The van der Waals surface area contributed by atoms with Gasteiger partial charge in [-0.25, -0.2) is 0 Å². The number of likely N-dealkylation sites (N-methyl/N-ethyl adjacent to an activating group) is 1. The van der Waals surface area contributed by atoms with Crippen LogP contribution in [0.2, 0.25) is 0 Å². The van der Waals surface area contributed by atoms with Gasteiger partial charge in [-0.2, -0.15) is 0 Å². The van der Waals surface area contributed by atoms with Crippen LogP contribution in [0, 0.1) is 12.8 Å². The van der Waals surface area contributed by atoms with Gasteiger partial charge in [0.25, 0.3) is 0 Å². The molecule has 0 aromatic heterocycles. The predicted octanol–water partition coefficient (Wildman–Crippen LogP) is 2.03. The molecule has 1 aromatic rings. The Balaban J connectivity index is 2.32. The quantitative estimate of drug-likeness (QED) is 0.710. The molecule has 2 rings (SSSR count). The van der Waals surface area contributed by atoms with Gasteiger partial charge in [0.1, 0.15) is 0 Å². The number of aryl methyl sites for hydroxylation is 1. The van der Waals surface area contributed by atoms with Gasteiger partial charge in [0.05, 0.1) is 25.2 Å². The van der Waals surface area contributed by atoms with E-state index in [2.05, 4.69) is 0 Å². The Bertz CT molecular complexity index is 602. The fraction of sp³-hybridized carbons (Fsp3) is 0.600. The summed E-state index contributed by atoms with van der Waals surface area (Å²) in [6.07, 6.45) is 0.956. The van der Waals surface area contributed by atoms with E-state index in [-0.39, 0.29) is 23.8 Å². The first-order valence-corrected chi connectivity index (χ1v) is 9.08. The van der Waals surface area contributed by atoms with E-state index in [1.807, 2.05) is 36.1 Å². The molecule has 1 fully saturated rings. The van der Waals surface area contributed by atoms with Gasteiger partial charge in [0.2, 0.25) is 11.8 Å². The number of rotatable bonds is 8. The van der Waals surface area contributed by atoms with Crippen LogP contribution in [-0.2, 0) is 19.1 Å². The van der Waals surface area contributed by atoms with Crippen LogP contribution >= 0.6 is 0 Å². The van der Waals surface area contributed by atoms with E-state index in [1.54, 1.807) is 26.2 Å². The Morgan fingerprint density at radius 2 is 1.85 bits per heavy atom. The van der Waals surface area contributed by atoms with Crippen LogP contribution in [0.1, 0.15) is 30.0 Å². The molecule has 0 spiro atoms. The molecule has 0 bridgehead atoms. The summed E-state index contributed by atoms with van der Waals surface area (Å²) in [6, 6.07) is 7.84. The van der Waals surface area contributed by atoms with E-state index in [4.69, 9.17) is 9.47 Å². The Morgan fingerprint density at radius 3 is 2.46 bits per heavy atom. The highest BCUT2D eigenvalue weighted by atomic mass is 16.5. The molecule has 6 nitrogen and oxygen atoms in total. The summed E-state index contributed by atoms with van der Waals surface area (Å²) in [7, 11) is 5.04. The number of carbonyl (C=O) groups excluding carboxylic acids is 2.